The number of nitrogens with zero attached hydrogens (tertiary/aromatic N) is 3. The number of ether oxygens (including phenoxy) is 1. The van der Waals surface area contributed by atoms with Gasteiger partial charge in [-0.3, -0.25) is 14.6 Å². The summed E-state index contributed by atoms with van der Waals surface area (Å²) in [6.07, 6.45) is -1.98. The molecular formula is C35H39Cl2F3N4O2. The van der Waals surface area contributed by atoms with E-state index in [2.05, 4.69) is 42.6 Å². The maximum Gasteiger partial charge on any atom is 0.573 e. The molecular weight excluding hydrogens is 636 g/mol. The largest absolute Gasteiger partial charge is 0.573 e. The Bertz CT molecular complexity index is 1640. The highest BCUT2D eigenvalue weighted by Gasteiger charge is 2.31. The van der Waals surface area contributed by atoms with Gasteiger partial charge in [0.2, 0.25) is 5.91 Å². The lowest BCUT2D eigenvalue weighted by atomic mass is 9.96. The van der Waals surface area contributed by atoms with Crippen LogP contribution in [0, 0.1) is 5.41 Å². The first-order valence-electron chi connectivity index (χ1n) is 15.4. The van der Waals surface area contributed by atoms with E-state index in [1.54, 1.807) is 12.1 Å². The molecule has 0 atom stereocenters. The van der Waals surface area contributed by atoms with Crippen molar-refractivity contribution in [3.63, 3.8) is 0 Å². The van der Waals surface area contributed by atoms with E-state index in [0.29, 0.717) is 29.7 Å². The molecule has 3 aromatic carbocycles. The predicted molar refractivity (Wildman–Crippen MR) is 178 cm³/mol. The lowest BCUT2D eigenvalue weighted by Crippen LogP contribution is -2.45. The van der Waals surface area contributed by atoms with E-state index in [1.807, 2.05) is 45.2 Å². The second-order valence-corrected chi connectivity index (χ2v) is 13.6. The quantitative estimate of drug-likeness (QED) is 0.172. The number of piperazine rings is 1. The van der Waals surface area contributed by atoms with Gasteiger partial charge in [0.15, 0.2) is 0 Å². The number of alkyl halides is 3. The molecule has 6 nitrogen and oxygen atoms in total. The van der Waals surface area contributed by atoms with Crippen molar-refractivity contribution in [3.8, 4) is 16.9 Å². The van der Waals surface area contributed by atoms with Crippen LogP contribution in [0.4, 0.5) is 13.2 Å². The Morgan fingerprint density at radius 3 is 2.13 bits per heavy atom. The first kappa shape index (κ1) is 34.1. The number of benzene rings is 3. The number of aryl methyl sites for hydroxylation is 1. The van der Waals surface area contributed by atoms with Crippen LogP contribution in [-0.4, -0.2) is 59.4 Å². The summed E-state index contributed by atoms with van der Waals surface area (Å²) in [6, 6.07) is 18.0. The van der Waals surface area contributed by atoms with Crippen LogP contribution in [0.25, 0.3) is 22.0 Å². The van der Waals surface area contributed by atoms with Gasteiger partial charge in [-0.15, -0.1) is 13.2 Å². The van der Waals surface area contributed by atoms with Crippen LogP contribution in [0.5, 0.6) is 5.75 Å². The van der Waals surface area contributed by atoms with E-state index in [-0.39, 0.29) is 11.7 Å². The summed E-state index contributed by atoms with van der Waals surface area (Å²) in [4.78, 5) is 17.1. The van der Waals surface area contributed by atoms with Crippen LogP contribution in [0.15, 0.2) is 66.9 Å². The molecule has 0 aliphatic carbocycles. The molecule has 1 aromatic heterocycles. The standard InChI is InChI=1S/C35H39Cl2F3N4O2/c1-34(2,3)33(45)41-14-5-15-44-23-28(25-9-11-26(12-10-25)46-35(38,39)40)27-20-24(8-13-32(27)44)21-42-16-18-43(19-17-42)22-29-30(36)6-4-7-31(29)37/h4,6-13,20,23H,5,14-19,21-22H2,1-3H3,(H,41,45). The molecule has 246 valence electrons. The van der Waals surface area contributed by atoms with Crippen LogP contribution in [0.1, 0.15) is 38.3 Å². The molecule has 0 bridgehead atoms. The number of nitrogens with one attached hydrogen (secondary N) is 1. The lowest BCUT2D eigenvalue weighted by Gasteiger charge is -2.35. The molecule has 1 amide bonds. The third kappa shape index (κ3) is 8.76. The lowest BCUT2D eigenvalue weighted by molar-refractivity contribution is -0.274. The first-order valence-corrected chi connectivity index (χ1v) is 16.2. The summed E-state index contributed by atoms with van der Waals surface area (Å²) < 4.78 is 44.5. The summed E-state index contributed by atoms with van der Waals surface area (Å²) in [5.74, 6) is -0.254. The summed E-state index contributed by atoms with van der Waals surface area (Å²) in [5.41, 5.74) is 4.40. The number of aromatic nitrogens is 1. The Balaban J connectivity index is 1.31. The minimum atomic E-state index is -4.75. The van der Waals surface area contributed by atoms with Crippen molar-refractivity contribution in [2.75, 3.05) is 32.7 Å². The van der Waals surface area contributed by atoms with E-state index < -0.39 is 11.8 Å². The monoisotopic (exact) mass is 674 g/mol. The van der Waals surface area contributed by atoms with Crippen molar-refractivity contribution in [2.24, 2.45) is 5.41 Å². The number of amides is 1. The Labute approximate surface area is 278 Å². The van der Waals surface area contributed by atoms with Crippen molar-refractivity contribution in [3.05, 3.63) is 88.0 Å². The number of rotatable bonds is 10. The smallest absolute Gasteiger partial charge is 0.406 e. The van der Waals surface area contributed by atoms with Crippen molar-refractivity contribution < 1.29 is 22.7 Å². The molecule has 1 aliphatic heterocycles. The van der Waals surface area contributed by atoms with Crippen LogP contribution in [0.2, 0.25) is 10.0 Å². The number of carbonyl (C=O) groups is 1. The first-order chi connectivity index (χ1) is 21.8. The van der Waals surface area contributed by atoms with Crippen LogP contribution >= 0.6 is 23.2 Å². The Morgan fingerprint density at radius 1 is 0.891 bits per heavy atom. The van der Waals surface area contributed by atoms with Crippen LogP contribution < -0.4 is 10.1 Å². The van der Waals surface area contributed by atoms with Gasteiger partial charge in [0.25, 0.3) is 0 Å². The fourth-order valence-electron chi connectivity index (χ4n) is 5.68. The van der Waals surface area contributed by atoms with Gasteiger partial charge in [0, 0.05) is 96.0 Å². The number of halogens is 5. The van der Waals surface area contributed by atoms with Crippen molar-refractivity contribution in [1.29, 1.82) is 0 Å². The zero-order chi connectivity index (χ0) is 33.1. The number of fused-ring (bicyclic) bond motifs is 1. The third-order valence-corrected chi connectivity index (χ3v) is 8.91. The van der Waals surface area contributed by atoms with Gasteiger partial charge in [-0.25, -0.2) is 0 Å². The Kier molecular flexibility index (Phi) is 10.6. The highest BCUT2D eigenvalue weighted by molar-refractivity contribution is 6.35. The maximum absolute atomic E-state index is 12.8. The van der Waals surface area contributed by atoms with E-state index in [0.717, 1.165) is 72.3 Å². The van der Waals surface area contributed by atoms with E-state index in [9.17, 15) is 18.0 Å². The zero-order valence-corrected chi connectivity index (χ0v) is 27.8. The molecule has 11 heteroatoms. The molecule has 0 saturated carbocycles. The highest BCUT2D eigenvalue weighted by atomic mass is 35.5. The second-order valence-electron chi connectivity index (χ2n) is 12.8. The van der Waals surface area contributed by atoms with Crippen molar-refractivity contribution in [1.82, 2.24) is 19.7 Å². The van der Waals surface area contributed by atoms with Gasteiger partial charge in [-0.2, -0.15) is 0 Å². The van der Waals surface area contributed by atoms with Gasteiger partial charge in [-0.05, 0) is 53.9 Å². The van der Waals surface area contributed by atoms with E-state index in [1.165, 1.54) is 12.1 Å². The summed E-state index contributed by atoms with van der Waals surface area (Å²) in [6.45, 7) is 11.9. The molecule has 1 N–H and O–H groups in total. The van der Waals surface area contributed by atoms with Gasteiger partial charge >= 0.3 is 6.36 Å². The third-order valence-electron chi connectivity index (χ3n) is 8.20. The molecule has 1 fully saturated rings. The average Bonchev–Trinajstić information content (AvgIpc) is 3.35. The highest BCUT2D eigenvalue weighted by Crippen LogP contribution is 2.34. The molecule has 0 unspecified atom stereocenters. The number of hydrogen-bond acceptors (Lipinski definition) is 4. The van der Waals surface area contributed by atoms with Crippen LogP contribution in [0.3, 0.4) is 0 Å². The fourth-order valence-corrected chi connectivity index (χ4v) is 6.20. The molecule has 46 heavy (non-hydrogen) atoms. The van der Waals surface area contributed by atoms with Gasteiger partial charge in [0.1, 0.15) is 5.75 Å². The van der Waals surface area contributed by atoms with Gasteiger partial charge < -0.3 is 14.6 Å². The Morgan fingerprint density at radius 2 is 1.52 bits per heavy atom. The predicted octanol–water partition coefficient (Wildman–Crippen LogP) is 8.38. The van der Waals surface area contributed by atoms with Crippen LogP contribution in [-0.2, 0) is 24.4 Å². The van der Waals surface area contributed by atoms with E-state index in [4.69, 9.17) is 23.2 Å². The molecule has 1 saturated heterocycles. The topological polar surface area (TPSA) is 49.7 Å². The van der Waals surface area contributed by atoms with Crippen molar-refractivity contribution >= 4 is 40.0 Å². The zero-order valence-electron chi connectivity index (χ0n) is 26.3. The Hall–Kier alpha value is -3.24. The van der Waals surface area contributed by atoms with E-state index >= 15 is 0 Å². The second kappa shape index (κ2) is 14.3. The summed E-state index contributed by atoms with van der Waals surface area (Å²) in [7, 11) is 0. The molecule has 2 heterocycles. The SMILES string of the molecule is CC(C)(C)C(=O)NCCCn1cc(-c2ccc(OC(F)(F)F)cc2)c2cc(CN3CCN(Cc4c(Cl)cccc4Cl)CC3)ccc21. The molecule has 1 aliphatic rings. The summed E-state index contributed by atoms with van der Waals surface area (Å²) in [5, 5.41) is 5.39. The molecule has 4 aromatic rings. The number of hydrogen-bond donors (Lipinski definition) is 1. The molecule has 5 rings (SSSR count). The fraction of sp³-hybridized carbons (Fsp3) is 0.400. The maximum atomic E-state index is 12.8. The van der Waals surface area contributed by atoms with Gasteiger partial charge in [-0.1, -0.05) is 68.2 Å². The minimum Gasteiger partial charge on any atom is -0.406 e. The molecule has 0 radical (unpaired) electrons. The van der Waals surface area contributed by atoms with Gasteiger partial charge in [0.05, 0.1) is 0 Å². The molecule has 0 spiro atoms. The average molecular weight is 676 g/mol. The number of carbonyl (C=O) groups excluding carboxylic acids is 1. The normalized spacial score (nSPS) is 15.0. The summed E-state index contributed by atoms with van der Waals surface area (Å²) >= 11 is 12.8. The van der Waals surface area contributed by atoms with Crippen molar-refractivity contribution in [2.45, 2.75) is 53.2 Å². The minimum absolute atomic E-state index is 0.00450.